The molecule has 1 N–H and O–H groups in total. The van der Waals surface area contributed by atoms with Gasteiger partial charge in [0, 0.05) is 24.8 Å². The first-order valence-electron chi connectivity index (χ1n) is 7.52. The summed E-state index contributed by atoms with van der Waals surface area (Å²) in [6.07, 6.45) is 4.06. The van der Waals surface area contributed by atoms with Gasteiger partial charge in [0.2, 0.25) is 0 Å². The van der Waals surface area contributed by atoms with E-state index in [1.165, 1.54) is 6.42 Å². The van der Waals surface area contributed by atoms with Crippen LogP contribution in [0.25, 0.3) is 0 Å². The number of aromatic carboxylic acids is 1. The molecule has 1 fully saturated rings. The lowest BCUT2D eigenvalue weighted by molar-refractivity contribution is 0.0697. The Balaban J connectivity index is 1.87. The molecule has 2 amide bonds. The van der Waals surface area contributed by atoms with Gasteiger partial charge in [-0.1, -0.05) is 6.07 Å². The molecular weight excluding hydrogens is 268 g/mol. The van der Waals surface area contributed by atoms with Crippen LogP contribution >= 0.6 is 0 Å². The molecule has 21 heavy (non-hydrogen) atoms. The Morgan fingerprint density at radius 1 is 1.24 bits per heavy atom. The van der Waals surface area contributed by atoms with Crippen LogP contribution in [-0.2, 0) is 6.42 Å². The smallest absolute Gasteiger partial charge is 0.335 e. The Morgan fingerprint density at radius 3 is 2.76 bits per heavy atom. The van der Waals surface area contributed by atoms with Gasteiger partial charge >= 0.3 is 12.0 Å². The molecule has 1 aromatic rings. The van der Waals surface area contributed by atoms with E-state index in [4.69, 9.17) is 5.11 Å². The zero-order chi connectivity index (χ0) is 15.0. The average molecular weight is 288 g/mol. The second kappa shape index (κ2) is 5.39. The number of carboxylic acid groups (broad SMARTS) is 1. The minimum Gasteiger partial charge on any atom is -0.478 e. The predicted molar refractivity (Wildman–Crippen MR) is 79.9 cm³/mol. The van der Waals surface area contributed by atoms with Crippen molar-refractivity contribution in [2.45, 2.75) is 38.6 Å². The molecule has 112 valence electrons. The van der Waals surface area contributed by atoms with Crippen molar-refractivity contribution in [1.29, 1.82) is 0 Å². The van der Waals surface area contributed by atoms with E-state index in [1.807, 2.05) is 11.0 Å². The zero-order valence-corrected chi connectivity index (χ0v) is 12.2. The molecule has 0 aliphatic carbocycles. The van der Waals surface area contributed by atoms with Gasteiger partial charge in [-0.2, -0.15) is 0 Å². The molecule has 5 heteroatoms. The molecule has 1 aromatic carbocycles. The number of carbonyl (C=O) groups is 2. The summed E-state index contributed by atoms with van der Waals surface area (Å²) in [5.41, 5.74) is 2.05. The number of nitrogens with zero attached hydrogens (tertiary/aromatic N) is 2. The number of anilines is 1. The van der Waals surface area contributed by atoms with E-state index in [0.717, 1.165) is 37.1 Å². The number of fused-ring (bicyclic) bond motifs is 1. The third kappa shape index (κ3) is 2.48. The molecule has 1 saturated heterocycles. The molecule has 0 aromatic heterocycles. The fourth-order valence-electron chi connectivity index (χ4n) is 3.25. The molecular formula is C16H20N2O3. The van der Waals surface area contributed by atoms with Crippen LogP contribution in [0.2, 0.25) is 0 Å². The number of likely N-dealkylation sites (tertiary alicyclic amines) is 1. The first-order valence-corrected chi connectivity index (χ1v) is 7.52. The lowest BCUT2D eigenvalue weighted by Crippen LogP contribution is -2.49. The lowest BCUT2D eigenvalue weighted by Gasteiger charge is -2.36. The van der Waals surface area contributed by atoms with E-state index in [0.29, 0.717) is 6.54 Å². The van der Waals surface area contributed by atoms with Crippen molar-refractivity contribution in [3.8, 4) is 0 Å². The van der Waals surface area contributed by atoms with E-state index in [-0.39, 0.29) is 17.6 Å². The Kier molecular flexibility index (Phi) is 3.57. The highest BCUT2D eigenvalue weighted by molar-refractivity contribution is 5.97. The van der Waals surface area contributed by atoms with Crippen molar-refractivity contribution < 1.29 is 14.7 Å². The van der Waals surface area contributed by atoms with Crippen molar-refractivity contribution in [2.75, 3.05) is 18.0 Å². The van der Waals surface area contributed by atoms with E-state index in [9.17, 15) is 9.59 Å². The molecule has 5 nitrogen and oxygen atoms in total. The SMILES string of the molecule is CC1CCCCN1C(=O)N1CCc2ccc(C(=O)O)cc21. The van der Waals surface area contributed by atoms with Crippen LogP contribution in [0.5, 0.6) is 0 Å². The summed E-state index contributed by atoms with van der Waals surface area (Å²) in [7, 11) is 0. The minimum absolute atomic E-state index is 0.0171. The monoisotopic (exact) mass is 288 g/mol. The number of carbonyl (C=O) groups excluding carboxylic acids is 1. The van der Waals surface area contributed by atoms with Crippen LogP contribution in [0, 0.1) is 0 Å². The molecule has 0 spiro atoms. The van der Waals surface area contributed by atoms with Crippen LogP contribution in [0.4, 0.5) is 10.5 Å². The number of urea groups is 1. The van der Waals surface area contributed by atoms with Crippen molar-refractivity contribution in [3.05, 3.63) is 29.3 Å². The molecule has 0 radical (unpaired) electrons. The summed E-state index contributed by atoms with van der Waals surface area (Å²) in [6, 6.07) is 5.34. The second-order valence-electron chi connectivity index (χ2n) is 5.87. The maximum atomic E-state index is 12.8. The topological polar surface area (TPSA) is 60.9 Å². The molecule has 1 atom stereocenters. The Hall–Kier alpha value is -2.04. The molecule has 0 bridgehead atoms. The second-order valence-corrected chi connectivity index (χ2v) is 5.87. The summed E-state index contributed by atoms with van der Waals surface area (Å²) in [6.45, 7) is 3.52. The highest BCUT2D eigenvalue weighted by atomic mass is 16.4. The highest BCUT2D eigenvalue weighted by Gasteiger charge is 2.32. The Labute approximate surface area is 124 Å². The Morgan fingerprint density at radius 2 is 2.05 bits per heavy atom. The van der Waals surface area contributed by atoms with E-state index in [2.05, 4.69) is 6.92 Å². The maximum Gasteiger partial charge on any atom is 0.335 e. The van der Waals surface area contributed by atoms with Gasteiger partial charge in [-0.3, -0.25) is 4.90 Å². The largest absolute Gasteiger partial charge is 0.478 e. The van der Waals surface area contributed by atoms with Crippen LogP contribution in [-0.4, -0.2) is 41.1 Å². The fraction of sp³-hybridized carbons (Fsp3) is 0.500. The van der Waals surface area contributed by atoms with Crippen molar-refractivity contribution in [1.82, 2.24) is 4.90 Å². The third-order valence-corrected chi connectivity index (χ3v) is 4.51. The first kappa shape index (κ1) is 13.9. The quantitative estimate of drug-likeness (QED) is 0.864. The van der Waals surface area contributed by atoms with Crippen LogP contribution < -0.4 is 4.90 Å². The third-order valence-electron chi connectivity index (χ3n) is 4.51. The first-order chi connectivity index (χ1) is 10.1. The van der Waals surface area contributed by atoms with Crippen molar-refractivity contribution in [2.24, 2.45) is 0 Å². The summed E-state index contributed by atoms with van der Waals surface area (Å²) in [5, 5.41) is 9.12. The number of benzene rings is 1. The Bertz CT molecular complexity index is 585. The zero-order valence-electron chi connectivity index (χ0n) is 12.2. The van der Waals surface area contributed by atoms with Gasteiger partial charge in [0.15, 0.2) is 0 Å². The van der Waals surface area contributed by atoms with Crippen molar-refractivity contribution >= 4 is 17.7 Å². The fourth-order valence-corrected chi connectivity index (χ4v) is 3.25. The summed E-state index contributed by atoms with van der Waals surface area (Å²) in [5.74, 6) is -0.955. The van der Waals surface area contributed by atoms with Crippen LogP contribution in [0.3, 0.4) is 0 Å². The summed E-state index contributed by atoms with van der Waals surface area (Å²) >= 11 is 0. The average Bonchev–Trinajstić information content (AvgIpc) is 2.90. The molecule has 0 saturated carbocycles. The molecule has 2 heterocycles. The van der Waals surface area contributed by atoms with Gasteiger partial charge in [0.1, 0.15) is 0 Å². The number of piperidine rings is 1. The van der Waals surface area contributed by atoms with Crippen molar-refractivity contribution in [3.63, 3.8) is 0 Å². The standard InChI is InChI=1S/C16H20N2O3/c1-11-4-2-3-8-17(11)16(21)18-9-7-12-5-6-13(15(19)20)10-14(12)18/h5-6,10-11H,2-4,7-9H2,1H3,(H,19,20). The maximum absolute atomic E-state index is 12.8. The van der Waals surface area contributed by atoms with Gasteiger partial charge in [-0.05, 0) is 50.3 Å². The number of amides is 2. The lowest BCUT2D eigenvalue weighted by atomic mass is 10.0. The molecule has 2 aliphatic heterocycles. The molecule has 2 aliphatic rings. The number of hydrogen-bond donors (Lipinski definition) is 1. The normalized spacial score (nSPS) is 21.3. The van der Waals surface area contributed by atoms with Crippen LogP contribution in [0.15, 0.2) is 18.2 Å². The number of hydrogen-bond acceptors (Lipinski definition) is 2. The highest BCUT2D eigenvalue weighted by Crippen LogP contribution is 2.31. The van der Waals surface area contributed by atoms with Gasteiger partial charge in [0.25, 0.3) is 0 Å². The summed E-state index contributed by atoms with van der Waals surface area (Å²) in [4.78, 5) is 27.5. The summed E-state index contributed by atoms with van der Waals surface area (Å²) < 4.78 is 0. The minimum atomic E-state index is -0.955. The van der Waals surface area contributed by atoms with E-state index >= 15 is 0 Å². The van der Waals surface area contributed by atoms with E-state index in [1.54, 1.807) is 17.0 Å². The van der Waals surface area contributed by atoms with Crippen LogP contribution in [0.1, 0.15) is 42.1 Å². The van der Waals surface area contributed by atoms with Gasteiger partial charge in [0.05, 0.1) is 5.56 Å². The van der Waals surface area contributed by atoms with E-state index < -0.39 is 5.97 Å². The predicted octanol–water partition coefficient (Wildman–Crippen LogP) is 2.74. The van der Waals surface area contributed by atoms with Gasteiger partial charge in [-0.15, -0.1) is 0 Å². The van der Waals surface area contributed by atoms with Gasteiger partial charge < -0.3 is 10.0 Å². The molecule has 3 rings (SSSR count). The number of rotatable bonds is 1. The number of carboxylic acids is 1. The van der Waals surface area contributed by atoms with Gasteiger partial charge in [-0.25, -0.2) is 9.59 Å². The molecule has 1 unspecified atom stereocenters.